The molecule has 2 aromatic carbocycles. The molecule has 6 nitrogen and oxygen atoms in total. The van der Waals surface area contributed by atoms with E-state index in [9.17, 15) is 9.59 Å². The number of anilines is 1. The van der Waals surface area contributed by atoms with E-state index in [2.05, 4.69) is 19.2 Å². The first-order valence-electron chi connectivity index (χ1n) is 9.96. The summed E-state index contributed by atoms with van der Waals surface area (Å²) in [4.78, 5) is 24.2. The first-order chi connectivity index (χ1) is 14.5. The highest BCUT2D eigenvalue weighted by Crippen LogP contribution is 2.29. The zero-order valence-electron chi connectivity index (χ0n) is 17.9. The van der Waals surface area contributed by atoms with E-state index in [1.807, 2.05) is 55.5 Å². The molecule has 0 aliphatic heterocycles. The van der Waals surface area contributed by atoms with Crippen molar-refractivity contribution in [3.63, 3.8) is 0 Å². The number of para-hydroxylation sites is 1. The van der Waals surface area contributed by atoms with Gasteiger partial charge in [0.2, 0.25) is 0 Å². The van der Waals surface area contributed by atoms with Crippen LogP contribution in [0.5, 0.6) is 11.5 Å². The molecule has 0 aliphatic rings. The minimum absolute atomic E-state index is 0.312. The number of hydrogen-bond donors (Lipinski definition) is 1. The van der Waals surface area contributed by atoms with Crippen LogP contribution >= 0.6 is 0 Å². The van der Waals surface area contributed by atoms with Crippen LogP contribution in [0.4, 0.5) is 5.69 Å². The zero-order valence-corrected chi connectivity index (χ0v) is 17.9. The molecule has 0 fully saturated rings. The van der Waals surface area contributed by atoms with Gasteiger partial charge in [0.05, 0.1) is 7.11 Å². The van der Waals surface area contributed by atoms with Crippen LogP contribution in [-0.2, 0) is 14.3 Å². The molecule has 1 N–H and O–H groups in total. The molecular formula is C24H29NO5. The van der Waals surface area contributed by atoms with Crippen LogP contribution in [-0.4, -0.2) is 32.2 Å². The van der Waals surface area contributed by atoms with Crippen molar-refractivity contribution in [1.29, 1.82) is 0 Å². The summed E-state index contributed by atoms with van der Waals surface area (Å²) in [5, 5.41) is 2.81. The SMILES string of the molecule is C/C=C/c1ccc(OCC(=O)OCC(=O)Nc2ccccc2[C@H](C)CC)c(OC)c1. The number of ether oxygens (including phenoxy) is 3. The van der Waals surface area contributed by atoms with Crippen molar-refractivity contribution in [1.82, 2.24) is 0 Å². The fraction of sp³-hybridized carbons (Fsp3) is 0.333. The minimum atomic E-state index is -0.639. The number of carbonyl (C=O) groups is 2. The predicted molar refractivity (Wildman–Crippen MR) is 118 cm³/mol. The Hall–Kier alpha value is -3.28. The third-order valence-electron chi connectivity index (χ3n) is 4.63. The van der Waals surface area contributed by atoms with Crippen LogP contribution in [0.3, 0.4) is 0 Å². The Labute approximate surface area is 177 Å². The van der Waals surface area contributed by atoms with Gasteiger partial charge < -0.3 is 19.5 Å². The van der Waals surface area contributed by atoms with Gasteiger partial charge in [0, 0.05) is 5.69 Å². The summed E-state index contributed by atoms with van der Waals surface area (Å²) in [5.74, 6) is 0.214. The van der Waals surface area contributed by atoms with Gasteiger partial charge in [0.25, 0.3) is 5.91 Å². The van der Waals surface area contributed by atoms with Crippen molar-refractivity contribution >= 4 is 23.6 Å². The Kier molecular flexibility index (Phi) is 8.94. The van der Waals surface area contributed by atoms with Crippen molar-refractivity contribution in [2.24, 2.45) is 0 Å². The van der Waals surface area contributed by atoms with Gasteiger partial charge in [0.1, 0.15) is 0 Å². The van der Waals surface area contributed by atoms with E-state index in [1.54, 1.807) is 6.07 Å². The molecule has 1 amide bonds. The molecule has 160 valence electrons. The van der Waals surface area contributed by atoms with Crippen LogP contribution < -0.4 is 14.8 Å². The van der Waals surface area contributed by atoms with Gasteiger partial charge >= 0.3 is 5.97 Å². The molecule has 0 bridgehead atoms. The van der Waals surface area contributed by atoms with Gasteiger partial charge in [-0.05, 0) is 48.6 Å². The number of amides is 1. The van der Waals surface area contributed by atoms with Crippen LogP contribution in [0.2, 0.25) is 0 Å². The number of rotatable bonds is 10. The third-order valence-corrected chi connectivity index (χ3v) is 4.63. The molecule has 6 heteroatoms. The van der Waals surface area contributed by atoms with E-state index in [-0.39, 0.29) is 13.2 Å². The van der Waals surface area contributed by atoms with Gasteiger partial charge in [-0.1, -0.05) is 50.3 Å². The third kappa shape index (κ3) is 6.65. The number of nitrogens with one attached hydrogen (secondary N) is 1. The molecule has 0 aliphatic carbocycles. The molecule has 0 radical (unpaired) electrons. The summed E-state index contributed by atoms with van der Waals surface area (Å²) in [7, 11) is 1.53. The Morgan fingerprint density at radius 3 is 2.57 bits per heavy atom. The van der Waals surface area contributed by atoms with Crippen molar-refractivity contribution in [3.8, 4) is 11.5 Å². The van der Waals surface area contributed by atoms with E-state index >= 15 is 0 Å². The summed E-state index contributed by atoms with van der Waals surface area (Å²) >= 11 is 0. The molecule has 0 spiro atoms. The maximum Gasteiger partial charge on any atom is 0.344 e. The number of carbonyl (C=O) groups excluding carboxylic acids is 2. The molecule has 0 saturated carbocycles. The van der Waals surface area contributed by atoms with E-state index < -0.39 is 11.9 Å². The van der Waals surface area contributed by atoms with Crippen LogP contribution in [0.25, 0.3) is 6.08 Å². The lowest BCUT2D eigenvalue weighted by atomic mass is 9.97. The summed E-state index contributed by atoms with van der Waals surface area (Å²) in [6.07, 6.45) is 4.80. The number of benzene rings is 2. The Balaban J connectivity index is 1.86. The molecule has 0 unspecified atom stereocenters. The van der Waals surface area contributed by atoms with Gasteiger partial charge in [-0.2, -0.15) is 0 Å². The largest absolute Gasteiger partial charge is 0.493 e. The molecular weight excluding hydrogens is 382 g/mol. The lowest BCUT2D eigenvalue weighted by molar-refractivity contribution is -0.149. The van der Waals surface area contributed by atoms with E-state index in [4.69, 9.17) is 14.2 Å². The number of esters is 1. The lowest BCUT2D eigenvalue weighted by Gasteiger charge is -2.15. The monoisotopic (exact) mass is 411 g/mol. The van der Waals surface area contributed by atoms with E-state index in [0.717, 1.165) is 23.2 Å². The molecule has 0 aromatic heterocycles. The van der Waals surface area contributed by atoms with Crippen molar-refractivity contribution in [2.75, 3.05) is 25.6 Å². The summed E-state index contributed by atoms with van der Waals surface area (Å²) in [5.41, 5.74) is 2.74. The molecule has 1 atom stereocenters. The summed E-state index contributed by atoms with van der Waals surface area (Å²) in [6, 6.07) is 13.0. The standard InChI is InChI=1S/C24H29NO5/c1-5-9-18-12-13-21(22(14-18)28-4)29-16-24(27)30-15-23(26)25-20-11-8-7-10-19(20)17(3)6-2/h5,7-14,17H,6,15-16H2,1-4H3,(H,25,26)/b9-5+/t17-/m1/s1. The fourth-order valence-electron chi connectivity index (χ4n) is 2.87. The first-order valence-corrected chi connectivity index (χ1v) is 9.96. The first kappa shape index (κ1) is 23.0. The molecule has 2 aromatic rings. The highest BCUT2D eigenvalue weighted by Gasteiger charge is 2.14. The lowest BCUT2D eigenvalue weighted by Crippen LogP contribution is -2.24. The van der Waals surface area contributed by atoms with E-state index in [0.29, 0.717) is 17.4 Å². The van der Waals surface area contributed by atoms with Crippen LogP contribution in [0, 0.1) is 0 Å². The average molecular weight is 411 g/mol. The van der Waals surface area contributed by atoms with Crippen molar-refractivity contribution < 1.29 is 23.8 Å². The van der Waals surface area contributed by atoms with Gasteiger partial charge in [-0.25, -0.2) is 4.79 Å². The van der Waals surface area contributed by atoms with Crippen LogP contribution in [0.15, 0.2) is 48.5 Å². The average Bonchev–Trinajstić information content (AvgIpc) is 2.76. The van der Waals surface area contributed by atoms with Crippen molar-refractivity contribution in [3.05, 3.63) is 59.7 Å². The Bertz CT molecular complexity index is 891. The zero-order chi connectivity index (χ0) is 21.9. The normalized spacial score (nSPS) is 11.7. The minimum Gasteiger partial charge on any atom is -0.493 e. The maximum atomic E-state index is 12.2. The maximum absolute atomic E-state index is 12.2. The second-order valence-electron chi connectivity index (χ2n) is 6.80. The Morgan fingerprint density at radius 1 is 1.10 bits per heavy atom. The smallest absolute Gasteiger partial charge is 0.344 e. The molecule has 0 heterocycles. The highest BCUT2D eigenvalue weighted by atomic mass is 16.6. The quantitative estimate of drug-likeness (QED) is 0.569. The Morgan fingerprint density at radius 2 is 1.87 bits per heavy atom. The second kappa shape index (κ2) is 11.7. The van der Waals surface area contributed by atoms with Gasteiger partial charge in [-0.3, -0.25) is 4.79 Å². The van der Waals surface area contributed by atoms with Crippen molar-refractivity contribution in [2.45, 2.75) is 33.1 Å². The van der Waals surface area contributed by atoms with Gasteiger partial charge in [-0.15, -0.1) is 0 Å². The number of allylic oxidation sites excluding steroid dienone is 1. The summed E-state index contributed by atoms with van der Waals surface area (Å²) < 4.78 is 15.8. The number of methoxy groups -OCH3 is 1. The predicted octanol–water partition coefficient (Wildman–Crippen LogP) is 4.80. The molecule has 0 saturated heterocycles. The second-order valence-corrected chi connectivity index (χ2v) is 6.80. The number of hydrogen-bond acceptors (Lipinski definition) is 5. The van der Waals surface area contributed by atoms with E-state index in [1.165, 1.54) is 7.11 Å². The topological polar surface area (TPSA) is 73.9 Å². The molecule has 2 rings (SSSR count). The summed E-state index contributed by atoms with van der Waals surface area (Å²) in [6.45, 7) is 5.41. The van der Waals surface area contributed by atoms with Gasteiger partial charge in [0.15, 0.2) is 24.7 Å². The van der Waals surface area contributed by atoms with Crippen LogP contribution in [0.1, 0.15) is 44.2 Å². The fourth-order valence-corrected chi connectivity index (χ4v) is 2.87. The highest BCUT2D eigenvalue weighted by molar-refractivity contribution is 5.93. The molecule has 30 heavy (non-hydrogen) atoms.